The number of aliphatic carboxylic acids is 1. The minimum absolute atomic E-state index is 0.0934. The molecule has 3 N–H and O–H groups in total. The number of halogens is 1. The van der Waals surface area contributed by atoms with Crippen LogP contribution >= 0.6 is 0 Å². The highest BCUT2D eigenvalue weighted by molar-refractivity contribution is 5.78. The van der Waals surface area contributed by atoms with Gasteiger partial charge in [0.2, 0.25) is 5.91 Å². The van der Waals surface area contributed by atoms with Gasteiger partial charge in [0, 0.05) is 30.7 Å². The van der Waals surface area contributed by atoms with Crippen molar-refractivity contribution in [3.63, 3.8) is 0 Å². The number of nitrogens with one attached hydrogen (secondary N) is 2. The van der Waals surface area contributed by atoms with Gasteiger partial charge in [-0.15, -0.1) is 0 Å². The van der Waals surface area contributed by atoms with Crippen molar-refractivity contribution < 1.29 is 19.1 Å². The largest absolute Gasteiger partial charge is 0.480 e. The Morgan fingerprint density at radius 2 is 2.13 bits per heavy atom. The van der Waals surface area contributed by atoms with Gasteiger partial charge < -0.3 is 15.7 Å². The molecule has 1 saturated heterocycles. The summed E-state index contributed by atoms with van der Waals surface area (Å²) in [4.78, 5) is 24.6. The molecule has 23 heavy (non-hydrogen) atoms. The van der Waals surface area contributed by atoms with Gasteiger partial charge in [-0.05, 0) is 19.4 Å². The molecule has 2 rings (SSSR count). The van der Waals surface area contributed by atoms with Crippen molar-refractivity contribution in [2.24, 2.45) is 0 Å². The fourth-order valence-corrected chi connectivity index (χ4v) is 2.72. The monoisotopic (exact) mass is 323 g/mol. The first-order chi connectivity index (χ1) is 10.9. The van der Waals surface area contributed by atoms with E-state index in [4.69, 9.17) is 5.11 Å². The second-order valence-corrected chi connectivity index (χ2v) is 6.14. The lowest BCUT2D eigenvalue weighted by Crippen LogP contribution is -2.47. The number of benzene rings is 1. The third-order valence-corrected chi connectivity index (χ3v) is 4.02. The molecule has 1 aromatic rings. The van der Waals surface area contributed by atoms with E-state index in [1.165, 1.54) is 6.07 Å². The van der Waals surface area contributed by atoms with Crippen LogP contribution in [0.25, 0.3) is 0 Å². The number of hydrogen-bond acceptors (Lipinski definition) is 4. The molecule has 0 saturated carbocycles. The van der Waals surface area contributed by atoms with Crippen LogP contribution in [0.1, 0.15) is 18.9 Å². The minimum atomic E-state index is -0.896. The summed E-state index contributed by atoms with van der Waals surface area (Å²) >= 11 is 0. The van der Waals surface area contributed by atoms with Crippen LogP contribution in [0.4, 0.5) is 4.39 Å². The van der Waals surface area contributed by atoms with E-state index < -0.39 is 5.97 Å². The van der Waals surface area contributed by atoms with Gasteiger partial charge in [0.1, 0.15) is 5.82 Å². The summed E-state index contributed by atoms with van der Waals surface area (Å²) in [6.07, 6.45) is 0.779. The summed E-state index contributed by atoms with van der Waals surface area (Å²) in [6, 6.07) is 6.33. The summed E-state index contributed by atoms with van der Waals surface area (Å²) in [5.74, 6) is -1.40. The lowest BCUT2D eigenvalue weighted by molar-refractivity contribution is -0.136. The predicted octanol–water partition coefficient (Wildman–Crippen LogP) is 0.581. The number of carboxylic acids is 1. The molecule has 126 valence electrons. The Hall–Kier alpha value is -1.99. The topological polar surface area (TPSA) is 81.7 Å². The number of carbonyl (C=O) groups excluding carboxylic acids is 1. The van der Waals surface area contributed by atoms with Crippen molar-refractivity contribution in [1.29, 1.82) is 0 Å². The van der Waals surface area contributed by atoms with Gasteiger partial charge >= 0.3 is 5.97 Å². The average molecular weight is 323 g/mol. The van der Waals surface area contributed by atoms with E-state index in [2.05, 4.69) is 10.6 Å². The summed E-state index contributed by atoms with van der Waals surface area (Å²) < 4.78 is 13.5. The first-order valence-electron chi connectivity index (χ1n) is 7.57. The Morgan fingerprint density at radius 1 is 1.39 bits per heavy atom. The summed E-state index contributed by atoms with van der Waals surface area (Å²) in [7, 11) is 0. The van der Waals surface area contributed by atoms with E-state index >= 15 is 0 Å². The number of carbonyl (C=O) groups is 2. The first kappa shape index (κ1) is 17.4. The Morgan fingerprint density at radius 3 is 2.83 bits per heavy atom. The van der Waals surface area contributed by atoms with E-state index in [0.717, 1.165) is 13.0 Å². The zero-order valence-electron chi connectivity index (χ0n) is 13.1. The van der Waals surface area contributed by atoms with Crippen LogP contribution < -0.4 is 10.6 Å². The Labute approximate surface area is 134 Å². The quantitative estimate of drug-likeness (QED) is 0.684. The molecule has 0 aliphatic carbocycles. The maximum absolute atomic E-state index is 13.5. The summed E-state index contributed by atoms with van der Waals surface area (Å²) in [5, 5.41) is 14.4. The molecule has 1 unspecified atom stereocenters. The minimum Gasteiger partial charge on any atom is -0.480 e. The van der Waals surface area contributed by atoms with Gasteiger partial charge in [-0.25, -0.2) is 4.39 Å². The Bertz CT molecular complexity index is 581. The molecule has 0 bridgehead atoms. The number of rotatable bonds is 7. The molecule has 1 heterocycles. The molecule has 1 amide bonds. The highest BCUT2D eigenvalue weighted by atomic mass is 19.1. The van der Waals surface area contributed by atoms with Gasteiger partial charge in [-0.3, -0.25) is 14.5 Å². The van der Waals surface area contributed by atoms with E-state index in [-0.39, 0.29) is 36.9 Å². The first-order valence-corrected chi connectivity index (χ1v) is 7.57. The van der Waals surface area contributed by atoms with Crippen molar-refractivity contribution >= 4 is 11.9 Å². The van der Waals surface area contributed by atoms with Crippen LogP contribution in [0.3, 0.4) is 0 Å². The van der Waals surface area contributed by atoms with E-state index in [9.17, 15) is 14.0 Å². The molecule has 1 aliphatic heterocycles. The third kappa shape index (κ3) is 5.30. The second-order valence-electron chi connectivity index (χ2n) is 6.14. The fourth-order valence-electron chi connectivity index (χ4n) is 2.72. The second kappa shape index (κ2) is 7.52. The molecule has 1 fully saturated rings. The SMILES string of the molecule is CC1(NCC(=O)O)CCN(CC(=O)NCc2ccccc2F)C1. The number of nitrogens with zero attached hydrogens (tertiary/aromatic N) is 1. The standard InChI is InChI=1S/C16H22FN3O3/c1-16(19-9-15(22)23)6-7-20(11-16)10-14(21)18-8-12-4-2-3-5-13(12)17/h2-5,19H,6-11H2,1H3,(H,18,21)(H,22,23). The lowest BCUT2D eigenvalue weighted by Gasteiger charge is -2.25. The molecule has 1 aromatic carbocycles. The van der Waals surface area contributed by atoms with E-state index in [0.29, 0.717) is 12.1 Å². The Balaban J connectivity index is 1.76. The molecular formula is C16H22FN3O3. The number of likely N-dealkylation sites (tertiary alicyclic amines) is 1. The van der Waals surface area contributed by atoms with Gasteiger partial charge in [0.05, 0.1) is 13.1 Å². The normalized spacial score (nSPS) is 21.3. The zero-order chi connectivity index (χ0) is 16.9. The van der Waals surface area contributed by atoms with Crippen molar-refractivity contribution in [3.05, 3.63) is 35.6 Å². The molecule has 1 atom stereocenters. The van der Waals surface area contributed by atoms with Gasteiger partial charge in [0.25, 0.3) is 0 Å². The number of amides is 1. The average Bonchev–Trinajstić information content (AvgIpc) is 2.86. The predicted molar refractivity (Wildman–Crippen MR) is 83.3 cm³/mol. The Kier molecular flexibility index (Phi) is 5.68. The van der Waals surface area contributed by atoms with Crippen LogP contribution in [0.2, 0.25) is 0 Å². The van der Waals surface area contributed by atoms with E-state index in [1.54, 1.807) is 18.2 Å². The summed E-state index contributed by atoms with van der Waals surface area (Å²) in [5.41, 5.74) is 0.153. The van der Waals surface area contributed by atoms with Gasteiger partial charge in [-0.1, -0.05) is 18.2 Å². The smallest absolute Gasteiger partial charge is 0.317 e. The van der Waals surface area contributed by atoms with Crippen LogP contribution in [-0.2, 0) is 16.1 Å². The zero-order valence-corrected chi connectivity index (χ0v) is 13.1. The van der Waals surface area contributed by atoms with Gasteiger partial charge in [0.15, 0.2) is 0 Å². The lowest BCUT2D eigenvalue weighted by atomic mass is 10.0. The van der Waals surface area contributed by atoms with Crippen LogP contribution in [0, 0.1) is 5.82 Å². The van der Waals surface area contributed by atoms with Crippen molar-refractivity contribution in [2.45, 2.75) is 25.4 Å². The fraction of sp³-hybridized carbons (Fsp3) is 0.500. The molecule has 7 heteroatoms. The molecule has 0 spiro atoms. The van der Waals surface area contributed by atoms with Crippen LogP contribution in [0.15, 0.2) is 24.3 Å². The molecule has 6 nitrogen and oxygen atoms in total. The van der Waals surface area contributed by atoms with Crippen molar-refractivity contribution in [2.75, 3.05) is 26.2 Å². The molecular weight excluding hydrogens is 301 g/mol. The molecule has 0 aromatic heterocycles. The van der Waals surface area contributed by atoms with Crippen molar-refractivity contribution in [3.8, 4) is 0 Å². The van der Waals surface area contributed by atoms with Crippen molar-refractivity contribution in [1.82, 2.24) is 15.5 Å². The van der Waals surface area contributed by atoms with Crippen LogP contribution in [-0.4, -0.2) is 53.6 Å². The van der Waals surface area contributed by atoms with Gasteiger partial charge in [-0.2, -0.15) is 0 Å². The highest BCUT2D eigenvalue weighted by Crippen LogP contribution is 2.20. The maximum atomic E-state index is 13.5. The number of hydrogen-bond donors (Lipinski definition) is 3. The summed E-state index contributed by atoms with van der Waals surface area (Å²) in [6.45, 7) is 3.56. The number of carboxylic acid groups (broad SMARTS) is 1. The van der Waals surface area contributed by atoms with Crippen LogP contribution in [0.5, 0.6) is 0 Å². The third-order valence-electron chi connectivity index (χ3n) is 4.02. The molecule has 1 aliphatic rings. The van der Waals surface area contributed by atoms with E-state index in [1.807, 2.05) is 11.8 Å². The molecule has 0 radical (unpaired) electrons. The maximum Gasteiger partial charge on any atom is 0.317 e. The highest BCUT2D eigenvalue weighted by Gasteiger charge is 2.34.